The zero-order valence-electron chi connectivity index (χ0n) is 35.4. The summed E-state index contributed by atoms with van der Waals surface area (Å²) < 4.78 is 6.40. The fraction of sp³-hybridized carbons (Fsp3) is 0.0645. The SMILES string of the molecule is CC1(C)c2ccccc2-c2ccc(N(c3ccc4c(c3)C3(c5ccccc5-4)c4ccccc4-c4c3cc3c5c(cccc45)-c4ccccc4-3)c3ccc4oc5ccccc5c4c3)cc21. The molecule has 0 amide bonds. The van der Waals surface area contributed by atoms with Crippen LogP contribution in [0.15, 0.2) is 205 Å². The molecule has 0 fully saturated rings. The number of hydrogen-bond donors (Lipinski definition) is 0. The van der Waals surface area contributed by atoms with E-state index in [0.717, 1.165) is 39.0 Å². The Labute approximate surface area is 371 Å². The van der Waals surface area contributed by atoms with Gasteiger partial charge in [-0.1, -0.05) is 159 Å². The maximum atomic E-state index is 6.40. The molecule has 0 radical (unpaired) electrons. The molecule has 64 heavy (non-hydrogen) atoms. The molecule has 298 valence electrons. The van der Waals surface area contributed by atoms with Crippen LogP contribution >= 0.6 is 0 Å². The Morgan fingerprint density at radius 3 is 1.62 bits per heavy atom. The monoisotopic (exact) mass is 813 g/mol. The minimum atomic E-state index is -0.538. The summed E-state index contributed by atoms with van der Waals surface area (Å²) in [5.74, 6) is 0. The van der Waals surface area contributed by atoms with Gasteiger partial charge in [-0.05, 0) is 154 Å². The van der Waals surface area contributed by atoms with Crippen LogP contribution in [-0.4, -0.2) is 0 Å². The summed E-state index contributed by atoms with van der Waals surface area (Å²) in [6.07, 6.45) is 0. The molecular weight excluding hydrogens is 775 g/mol. The summed E-state index contributed by atoms with van der Waals surface area (Å²) >= 11 is 0. The van der Waals surface area contributed by atoms with Crippen molar-refractivity contribution in [2.24, 2.45) is 0 Å². The van der Waals surface area contributed by atoms with E-state index < -0.39 is 5.41 Å². The predicted octanol–water partition coefficient (Wildman–Crippen LogP) is 16.5. The van der Waals surface area contributed by atoms with Crippen LogP contribution in [0.25, 0.3) is 88.3 Å². The van der Waals surface area contributed by atoms with Crippen LogP contribution in [0, 0.1) is 0 Å². The van der Waals surface area contributed by atoms with Crippen LogP contribution in [0.5, 0.6) is 0 Å². The first-order valence-electron chi connectivity index (χ1n) is 22.5. The molecular formula is C62H39NO. The largest absolute Gasteiger partial charge is 0.456 e. The first kappa shape index (κ1) is 34.6. The van der Waals surface area contributed by atoms with Crippen molar-refractivity contribution in [2.75, 3.05) is 4.90 Å². The topological polar surface area (TPSA) is 16.4 Å². The highest BCUT2D eigenvalue weighted by Crippen LogP contribution is 2.66. The van der Waals surface area contributed by atoms with E-state index in [0.29, 0.717) is 0 Å². The second-order valence-corrected chi connectivity index (χ2v) is 18.7. The molecule has 1 aromatic heterocycles. The van der Waals surface area contributed by atoms with Crippen LogP contribution in [0.3, 0.4) is 0 Å². The number of benzene rings is 10. The minimum absolute atomic E-state index is 0.151. The van der Waals surface area contributed by atoms with E-state index in [1.54, 1.807) is 0 Å². The van der Waals surface area contributed by atoms with Gasteiger partial charge in [0.1, 0.15) is 11.2 Å². The lowest BCUT2D eigenvalue weighted by molar-refractivity contribution is 0.660. The van der Waals surface area contributed by atoms with Crippen LogP contribution in [-0.2, 0) is 10.8 Å². The first-order chi connectivity index (χ1) is 31.5. The Kier molecular flexibility index (Phi) is 6.46. The van der Waals surface area contributed by atoms with Crippen molar-refractivity contribution in [3.05, 3.63) is 234 Å². The molecule has 0 saturated heterocycles. The molecule has 1 spiro atoms. The molecule has 2 nitrogen and oxygen atoms in total. The van der Waals surface area contributed by atoms with Gasteiger partial charge >= 0.3 is 0 Å². The molecule has 15 rings (SSSR count). The van der Waals surface area contributed by atoms with Crippen molar-refractivity contribution in [1.82, 2.24) is 0 Å². The zero-order valence-corrected chi connectivity index (χ0v) is 35.4. The molecule has 0 aliphatic heterocycles. The highest BCUT2D eigenvalue weighted by atomic mass is 16.3. The summed E-state index contributed by atoms with van der Waals surface area (Å²) in [4.78, 5) is 2.49. The molecule has 11 aromatic rings. The van der Waals surface area contributed by atoms with Crippen molar-refractivity contribution in [3.63, 3.8) is 0 Å². The van der Waals surface area contributed by atoms with E-state index in [1.165, 1.54) is 99.8 Å². The number of rotatable bonds is 3. The molecule has 4 aliphatic rings. The number of furan rings is 1. The third-order valence-electron chi connectivity index (χ3n) is 15.4. The lowest BCUT2D eigenvalue weighted by Gasteiger charge is -2.33. The zero-order chi connectivity index (χ0) is 42.1. The van der Waals surface area contributed by atoms with E-state index in [1.807, 2.05) is 6.07 Å². The van der Waals surface area contributed by atoms with Gasteiger partial charge in [-0.25, -0.2) is 0 Å². The third-order valence-corrected chi connectivity index (χ3v) is 15.4. The molecule has 1 heterocycles. The highest BCUT2D eigenvalue weighted by Gasteiger charge is 2.53. The number of anilines is 3. The molecule has 1 unspecified atom stereocenters. The van der Waals surface area contributed by atoms with Crippen LogP contribution in [0.4, 0.5) is 17.1 Å². The molecule has 0 N–H and O–H groups in total. The van der Waals surface area contributed by atoms with Gasteiger partial charge in [-0.2, -0.15) is 0 Å². The Morgan fingerprint density at radius 2 is 0.844 bits per heavy atom. The second-order valence-electron chi connectivity index (χ2n) is 18.7. The average molecular weight is 814 g/mol. The highest BCUT2D eigenvalue weighted by molar-refractivity contribution is 6.21. The Hall–Kier alpha value is -7.94. The van der Waals surface area contributed by atoms with Gasteiger partial charge in [-0.3, -0.25) is 0 Å². The quantitative estimate of drug-likeness (QED) is 0.177. The molecule has 10 aromatic carbocycles. The number of nitrogens with zero attached hydrogens (tertiary/aromatic N) is 1. The fourth-order valence-electron chi connectivity index (χ4n) is 12.8. The summed E-state index contributed by atoms with van der Waals surface area (Å²) in [5.41, 5.74) is 25.7. The molecule has 1 atom stereocenters. The van der Waals surface area contributed by atoms with E-state index in [2.05, 4.69) is 213 Å². The Morgan fingerprint density at radius 1 is 0.328 bits per heavy atom. The van der Waals surface area contributed by atoms with Gasteiger partial charge in [-0.15, -0.1) is 0 Å². The van der Waals surface area contributed by atoms with Crippen molar-refractivity contribution < 1.29 is 4.42 Å². The fourth-order valence-corrected chi connectivity index (χ4v) is 12.8. The summed E-state index contributed by atoms with van der Waals surface area (Å²) in [5, 5.41) is 4.93. The normalized spacial score (nSPS) is 16.2. The molecule has 4 aliphatic carbocycles. The van der Waals surface area contributed by atoms with E-state index >= 15 is 0 Å². The maximum absolute atomic E-state index is 6.40. The van der Waals surface area contributed by atoms with E-state index in [9.17, 15) is 0 Å². The van der Waals surface area contributed by atoms with Gasteiger partial charge in [0.05, 0.1) is 5.41 Å². The van der Waals surface area contributed by atoms with Gasteiger partial charge in [0, 0.05) is 33.2 Å². The summed E-state index contributed by atoms with van der Waals surface area (Å²) in [7, 11) is 0. The third kappa shape index (κ3) is 4.13. The van der Waals surface area contributed by atoms with Gasteiger partial charge < -0.3 is 9.32 Å². The van der Waals surface area contributed by atoms with Crippen molar-refractivity contribution in [3.8, 4) is 55.6 Å². The van der Waals surface area contributed by atoms with Crippen molar-refractivity contribution >= 4 is 49.8 Å². The van der Waals surface area contributed by atoms with Crippen LogP contribution < -0.4 is 4.90 Å². The predicted molar refractivity (Wildman–Crippen MR) is 264 cm³/mol. The number of fused-ring (bicyclic) bond motifs is 20. The lowest BCUT2D eigenvalue weighted by atomic mass is 9.70. The molecule has 0 bridgehead atoms. The van der Waals surface area contributed by atoms with Crippen molar-refractivity contribution in [2.45, 2.75) is 24.7 Å². The lowest BCUT2D eigenvalue weighted by Crippen LogP contribution is -2.26. The smallest absolute Gasteiger partial charge is 0.135 e. The van der Waals surface area contributed by atoms with Crippen LogP contribution in [0.2, 0.25) is 0 Å². The maximum Gasteiger partial charge on any atom is 0.135 e. The molecule has 2 heteroatoms. The van der Waals surface area contributed by atoms with Crippen molar-refractivity contribution in [1.29, 1.82) is 0 Å². The second kappa shape index (κ2) is 11.9. The Bertz CT molecular complexity index is 3900. The van der Waals surface area contributed by atoms with E-state index in [-0.39, 0.29) is 5.41 Å². The van der Waals surface area contributed by atoms with Gasteiger partial charge in [0.15, 0.2) is 0 Å². The number of hydrogen-bond acceptors (Lipinski definition) is 2. The first-order valence-corrected chi connectivity index (χ1v) is 22.5. The molecule has 0 saturated carbocycles. The average Bonchev–Trinajstić information content (AvgIpc) is 4.10. The summed E-state index contributed by atoms with van der Waals surface area (Å²) in [6, 6.07) is 75.4. The van der Waals surface area contributed by atoms with Crippen LogP contribution in [0.1, 0.15) is 47.2 Å². The minimum Gasteiger partial charge on any atom is -0.456 e. The standard InChI is InChI=1S/C62H39NO/c1-61(2)51-22-9-5-16-41(51)43-29-26-37(33-54(43)61)63(36-28-31-58-49(32-36)45-18-8-12-25-57(45)64-58)38-27-30-44-42-17-6-10-23-52(42)62(55(44)34-38)53-24-11-7-19-47(53)60-48-21-13-20-46-39-14-3-4-15-40(39)50(59(46)48)35-56(60)62/h3-35H,1-2H3. The summed E-state index contributed by atoms with van der Waals surface area (Å²) in [6.45, 7) is 4.74. The van der Waals surface area contributed by atoms with E-state index in [4.69, 9.17) is 4.42 Å². The van der Waals surface area contributed by atoms with Gasteiger partial charge in [0.25, 0.3) is 0 Å². The van der Waals surface area contributed by atoms with Gasteiger partial charge in [0.2, 0.25) is 0 Å². The number of para-hydroxylation sites is 1. The Balaban J connectivity index is 1.02.